The smallest absolute Gasteiger partial charge is 0.370 e. The summed E-state index contributed by atoms with van der Waals surface area (Å²) in [5.41, 5.74) is 0.805. The molecule has 0 spiro atoms. The molecule has 36 heavy (non-hydrogen) atoms. The summed E-state index contributed by atoms with van der Waals surface area (Å²) in [4.78, 5) is 11.7. The van der Waals surface area contributed by atoms with Gasteiger partial charge >= 0.3 is 5.97 Å². The maximum atomic E-state index is 13.1. The summed E-state index contributed by atoms with van der Waals surface area (Å²) >= 11 is 0. The molecule has 2 atom stereocenters. The molecule has 0 amide bonds. The van der Waals surface area contributed by atoms with Gasteiger partial charge in [-0.2, -0.15) is 4.31 Å². The highest BCUT2D eigenvalue weighted by molar-refractivity contribution is 7.89. The molecule has 0 saturated heterocycles. The van der Waals surface area contributed by atoms with Crippen LogP contribution in [0, 0.1) is 0 Å². The number of carboxylic acids is 1. The van der Waals surface area contributed by atoms with Gasteiger partial charge in [0.05, 0.1) is 25.2 Å². The van der Waals surface area contributed by atoms with Crippen LogP contribution < -0.4 is 14.2 Å². The number of aliphatic hydroxyl groups excluding tert-OH is 1. The molecular weight excluding hydrogens is 494 g/mol. The molecule has 0 aromatic heterocycles. The Morgan fingerprint density at radius 2 is 1.86 bits per heavy atom. The van der Waals surface area contributed by atoms with Crippen molar-refractivity contribution in [2.75, 3.05) is 40.2 Å². The number of methoxy groups -OCH3 is 1. The highest BCUT2D eigenvalue weighted by Crippen LogP contribution is 2.38. The van der Waals surface area contributed by atoms with Gasteiger partial charge in [0, 0.05) is 25.4 Å². The largest absolute Gasteiger partial charge is 0.497 e. The average Bonchev–Trinajstić information content (AvgIpc) is 3.36. The van der Waals surface area contributed by atoms with Crippen LogP contribution in [0.15, 0.2) is 59.2 Å². The molecule has 2 aromatic carbocycles. The van der Waals surface area contributed by atoms with Gasteiger partial charge in [-0.25, -0.2) is 13.2 Å². The fraction of sp³-hybridized carbons (Fsp3) is 0.375. The van der Waals surface area contributed by atoms with Crippen molar-refractivity contribution in [1.29, 1.82) is 0 Å². The van der Waals surface area contributed by atoms with E-state index in [0.29, 0.717) is 23.7 Å². The maximum Gasteiger partial charge on any atom is 0.370 e. The summed E-state index contributed by atoms with van der Waals surface area (Å²) < 4.78 is 54.3. The topological polar surface area (TPSA) is 141 Å². The number of rotatable bonds is 11. The minimum absolute atomic E-state index is 0.0460. The maximum absolute atomic E-state index is 13.1. The number of aliphatic hydroxyl groups is 1. The van der Waals surface area contributed by atoms with Gasteiger partial charge in [0.2, 0.25) is 28.9 Å². The Morgan fingerprint density at radius 3 is 2.56 bits per heavy atom. The Morgan fingerprint density at radius 1 is 1.11 bits per heavy atom. The third-order valence-corrected chi connectivity index (χ3v) is 7.70. The van der Waals surface area contributed by atoms with Gasteiger partial charge in [-0.05, 0) is 48.0 Å². The van der Waals surface area contributed by atoms with Gasteiger partial charge in [-0.3, -0.25) is 0 Å². The van der Waals surface area contributed by atoms with Crippen LogP contribution in [0.2, 0.25) is 0 Å². The number of allylic oxidation sites excluding steroid dienone is 1. The molecule has 11 nitrogen and oxygen atoms in total. The van der Waals surface area contributed by atoms with Gasteiger partial charge in [0.1, 0.15) is 5.75 Å². The van der Waals surface area contributed by atoms with E-state index in [1.807, 2.05) is 6.07 Å². The van der Waals surface area contributed by atoms with E-state index in [9.17, 15) is 23.4 Å². The number of sulfonamides is 1. The first-order valence-corrected chi connectivity index (χ1v) is 12.6. The van der Waals surface area contributed by atoms with Crippen molar-refractivity contribution in [2.24, 2.45) is 0 Å². The van der Waals surface area contributed by atoms with E-state index in [0.717, 1.165) is 9.87 Å². The van der Waals surface area contributed by atoms with Gasteiger partial charge in [0.25, 0.3) is 0 Å². The van der Waals surface area contributed by atoms with E-state index >= 15 is 0 Å². The summed E-state index contributed by atoms with van der Waals surface area (Å²) in [5.74, 6) is -0.126. The molecule has 0 saturated carbocycles. The number of hydrogen-bond donors (Lipinski definition) is 2. The van der Waals surface area contributed by atoms with Gasteiger partial charge in [-0.1, -0.05) is 6.07 Å². The monoisotopic (exact) mass is 521 g/mol. The minimum atomic E-state index is -3.91. The molecule has 0 radical (unpaired) electrons. The highest BCUT2D eigenvalue weighted by Gasteiger charge is 2.30. The van der Waals surface area contributed by atoms with E-state index in [-0.39, 0.29) is 49.7 Å². The Labute approximate surface area is 208 Å². The van der Waals surface area contributed by atoms with Crippen LogP contribution in [0.4, 0.5) is 0 Å². The highest BCUT2D eigenvalue weighted by atomic mass is 32.2. The van der Waals surface area contributed by atoms with Crippen LogP contribution in [0.1, 0.15) is 17.9 Å². The first kappa shape index (κ1) is 25.8. The Kier molecular flexibility index (Phi) is 7.99. The number of benzene rings is 2. The number of aliphatic carboxylic acids is 1. The standard InChI is InChI=1S/C24H27NO10S/c1-31-18-3-5-19(6-4-18)36(29,30)25(8-10-26)9-11-32-23-14-17(13-22(35-23)24(27)28)16-2-7-20-21(12-16)34-15-33-20/h2-7,12-13,17,23,26H,8-11,14-15H2,1H3,(H,27,28). The van der Waals surface area contributed by atoms with Crippen molar-refractivity contribution in [2.45, 2.75) is 23.5 Å². The number of fused-ring (bicyclic) bond motifs is 1. The lowest BCUT2D eigenvalue weighted by Crippen LogP contribution is -2.37. The molecule has 2 N–H and O–H groups in total. The third kappa shape index (κ3) is 5.73. The average molecular weight is 522 g/mol. The zero-order valence-electron chi connectivity index (χ0n) is 19.5. The first-order chi connectivity index (χ1) is 17.3. The van der Waals surface area contributed by atoms with E-state index in [1.54, 1.807) is 12.1 Å². The predicted octanol–water partition coefficient (Wildman–Crippen LogP) is 1.92. The SMILES string of the molecule is COc1ccc(S(=O)(=O)N(CCO)CCOC2CC(c3ccc4c(c3)OCO4)C=C(C(=O)O)O2)cc1. The van der Waals surface area contributed by atoms with Crippen molar-refractivity contribution < 1.29 is 47.1 Å². The molecule has 2 aromatic rings. The number of carbonyl (C=O) groups is 1. The fourth-order valence-electron chi connectivity index (χ4n) is 3.93. The summed E-state index contributed by atoms with van der Waals surface area (Å²) in [5, 5.41) is 18.9. The third-order valence-electron chi connectivity index (χ3n) is 5.78. The molecule has 194 valence electrons. The van der Waals surface area contributed by atoms with Crippen LogP contribution in [-0.2, 0) is 24.3 Å². The van der Waals surface area contributed by atoms with E-state index in [4.69, 9.17) is 23.7 Å². The quantitative estimate of drug-likeness (QED) is 0.450. The summed E-state index contributed by atoms with van der Waals surface area (Å²) in [6.07, 6.45) is 0.893. The lowest BCUT2D eigenvalue weighted by Gasteiger charge is -2.29. The molecular formula is C24H27NO10S. The first-order valence-electron chi connectivity index (χ1n) is 11.2. The van der Waals surface area contributed by atoms with Crippen molar-refractivity contribution in [3.05, 3.63) is 59.9 Å². The number of nitrogens with zero attached hydrogens (tertiary/aromatic N) is 1. The van der Waals surface area contributed by atoms with Crippen molar-refractivity contribution in [1.82, 2.24) is 4.31 Å². The molecule has 2 unspecified atom stereocenters. The van der Waals surface area contributed by atoms with E-state index in [1.165, 1.54) is 37.5 Å². The van der Waals surface area contributed by atoms with Crippen LogP contribution in [0.5, 0.6) is 17.2 Å². The molecule has 0 bridgehead atoms. The molecule has 2 heterocycles. The minimum Gasteiger partial charge on any atom is -0.497 e. The number of hydrogen-bond acceptors (Lipinski definition) is 9. The Balaban J connectivity index is 1.43. The van der Waals surface area contributed by atoms with Gasteiger partial charge in [0.15, 0.2) is 11.5 Å². The van der Waals surface area contributed by atoms with Crippen molar-refractivity contribution >= 4 is 16.0 Å². The number of ether oxygens (including phenoxy) is 5. The second-order valence-corrected chi connectivity index (χ2v) is 9.95. The second-order valence-electron chi connectivity index (χ2n) is 8.01. The predicted molar refractivity (Wildman–Crippen MR) is 125 cm³/mol. The normalized spacial score (nSPS) is 19.0. The van der Waals surface area contributed by atoms with Crippen molar-refractivity contribution in [3.8, 4) is 17.2 Å². The van der Waals surface area contributed by atoms with Gasteiger partial charge < -0.3 is 33.9 Å². The molecule has 2 aliphatic rings. The number of carboxylic acid groups (broad SMARTS) is 1. The van der Waals surface area contributed by atoms with Crippen LogP contribution in [-0.4, -0.2) is 75.4 Å². The van der Waals surface area contributed by atoms with Crippen LogP contribution in [0.25, 0.3) is 0 Å². The molecule has 12 heteroatoms. The van der Waals surface area contributed by atoms with Crippen molar-refractivity contribution in [3.63, 3.8) is 0 Å². The molecule has 4 rings (SSSR count). The Bertz CT molecular complexity index is 1210. The molecule has 0 aliphatic carbocycles. The summed E-state index contributed by atoms with van der Waals surface area (Å²) in [6, 6.07) is 11.3. The lowest BCUT2D eigenvalue weighted by atomic mass is 9.92. The summed E-state index contributed by atoms with van der Waals surface area (Å²) in [7, 11) is -2.43. The fourth-order valence-corrected chi connectivity index (χ4v) is 5.35. The van der Waals surface area contributed by atoms with E-state index < -0.39 is 22.3 Å². The molecule has 2 aliphatic heterocycles. The van der Waals surface area contributed by atoms with Gasteiger partial charge in [-0.15, -0.1) is 0 Å². The van der Waals surface area contributed by atoms with Crippen LogP contribution >= 0.6 is 0 Å². The zero-order valence-corrected chi connectivity index (χ0v) is 20.3. The summed E-state index contributed by atoms with van der Waals surface area (Å²) in [6.45, 7) is -0.550. The molecule has 0 fully saturated rings. The zero-order chi connectivity index (χ0) is 25.7. The second kappa shape index (κ2) is 11.2. The lowest BCUT2D eigenvalue weighted by molar-refractivity contribution is -0.157. The van der Waals surface area contributed by atoms with Crippen LogP contribution in [0.3, 0.4) is 0 Å². The Hall–Kier alpha value is -3.32. The van der Waals surface area contributed by atoms with E-state index in [2.05, 4.69) is 0 Å².